The van der Waals surface area contributed by atoms with Gasteiger partial charge in [-0.2, -0.15) is 0 Å². The molecular weight excluding hydrogens is 464 g/mol. The third-order valence-electron chi connectivity index (χ3n) is 5.38. The van der Waals surface area contributed by atoms with E-state index in [9.17, 15) is 0 Å². The number of amidine groups is 2. The van der Waals surface area contributed by atoms with Crippen LogP contribution in [0.15, 0.2) is 39.0 Å². The predicted molar refractivity (Wildman–Crippen MR) is 145 cm³/mol. The Morgan fingerprint density at radius 3 is 1.91 bits per heavy atom. The second-order valence-corrected chi connectivity index (χ2v) is 11.4. The van der Waals surface area contributed by atoms with Crippen molar-refractivity contribution in [3.8, 4) is 11.5 Å². The van der Waals surface area contributed by atoms with Gasteiger partial charge in [0, 0.05) is 10.6 Å². The summed E-state index contributed by atoms with van der Waals surface area (Å²) < 4.78 is 12.8. The summed E-state index contributed by atoms with van der Waals surface area (Å²) in [5.74, 6) is 3.48. The molecule has 8 heteroatoms. The van der Waals surface area contributed by atoms with Crippen LogP contribution in [0, 0.1) is 22.7 Å². The van der Waals surface area contributed by atoms with Crippen LogP contribution in [0.25, 0.3) is 0 Å². The van der Waals surface area contributed by atoms with E-state index in [0.717, 1.165) is 33.3 Å². The highest BCUT2D eigenvalue weighted by Gasteiger charge is 2.35. The minimum absolute atomic E-state index is 0.171. The van der Waals surface area contributed by atoms with Gasteiger partial charge < -0.3 is 20.5 Å². The molecule has 0 saturated carbocycles. The molecule has 1 heterocycles. The highest BCUT2D eigenvalue weighted by molar-refractivity contribution is 8.02. The third-order valence-corrected chi connectivity index (χ3v) is 7.66. The topological polar surface area (TPSA) is 104 Å². The van der Waals surface area contributed by atoms with E-state index < -0.39 is 0 Å². The van der Waals surface area contributed by atoms with Crippen LogP contribution in [0.3, 0.4) is 0 Å². The van der Waals surface area contributed by atoms with E-state index in [1.807, 2.05) is 24.3 Å². The van der Waals surface area contributed by atoms with Crippen LogP contribution < -0.4 is 20.5 Å². The van der Waals surface area contributed by atoms with Gasteiger partial charge in [-0.25, -0.2) is 0 Å². The lowest BCUT2D eigenvalue weighted by atomic mass is 10.1. The molecule has 34 heavy (non-hydrogen) atoms. The average molecular weight is 501 g/mol. The van der Waals surface area contributed by atoms with Crippen molar-refractivity contribution >= 4 is 40.9 Å². The molecule has 0 amide bonds. The molecule has 0 aliphatic carbocycles. The fraction of sp³-hybridized carbons (Fsp3) is 0.462. The largest absolute Gasteiger partial charge is 0.492 e. The minimum Gasteiger partial charge on any atom is -0.492 e. The normalized spacial score (nSPS) is 12.9. The number of rotatable bonds is 12. The number of thioether (sulfide) groups is 1. The van der Waals surface area contributed by atoms with Crippen molar-refractivity contribution in [3.63, 3.8) is 0 Å². The quantitative estimate of drug-likeness (QED) is 0.192. The molecule has 3 rings (SSSR count). The number of hydrogen-bond donors (Lipinski definition) is 4. The monoisotopic (exact) mass is 500 g/mol. The van der Waals surface area contributed by atoms with Gasteiger partial charge in [0.25, 0.3) is 0 Å². The van der Waals surface area contributed by atoms with Gasteiger partial charge in [-0.05, 0) is 42.6 Å². The summed E-state index contributed by atoms with van der Waals surface area (Å²) >= 11 is 3.22. The van der Waals surface area contributed by atoms with Crippen LogP contribution in [-0.4, -0.2) is 30.6 Å². The zero-order chi connectivity index (χ0) is 24.8. The number of fused-ring (bicyclic) bond motifs is 1. The van der Waals surface area contributed by atoms with Gasteiger partial charge in [-0.3, -0.25) is 10.8 Å². The lowest BCUT2D eigenvalue weighted by Gasteiger charge is -2.23. The molecule has 2 aromatic carbocycles. The SMILES string of the molecule is CCSc1c(OCCC(C)C)c2c(c(OCCC(C)C)c1Sc1ccccc1N)C(=N)NC2=N. The van der Waals surface area contributed by atoms with Crippen molar-refractivity contribution < 1.29 is 9.47 Å². The number of para-hydroxylation sites is 1. The summed E-state index contributed by atoms with van der Waals surface area (Å²) in [6, 6.07) is 7.78. The molecule has 0 unspecified atom stereocenters. The first-order valence-corrected chi connectivity index (χ1v) is 13.6. The summed E-state index contributed by atoms with van der Waals surface area (Å²) in [5.41, 5.74) is 8.22. The number of nitrogens with one attached hydrogen (secondary N) is 3. The first-order valence-electron chi connectivity index (χ1n) is 11.8. The molecule has 6 nitrogen and oxygen atoms in total. The Hall–Kier alpha value is -2.32. The van der Waals surface area contributed by atoms with E-state index in [1.54, 1.807) is 23.5 Å². The van der Waals surface area contributed by atoms with Crippen LogP contribution in [0.1, 0.15) is 58.6 Å². The lowest BCUT2D eigenvalue weighted by molar-refractivity contribution is 0.270. The van der Waals surface area contributed by atoms with Crippen LogP contribution in [0.5, 0.6) is 11.5 Å². The fourth-order valence-corrected chi connectivity index (χ4v) is 5.61. The number of anilines is 1. The third kappa shape index (κ3) is 6.02. The summed E-state index contributed by atoms with van der Waals surface area (Å²) in [6.07, 6.45) is 1.80. The number of benzene rings is 2. The number of nitrogen functional groups attached to an aromatic ring is 1. The smallest absolute Gasteiger partial charge is 0.146 e. The van der Waals surface area contributed by atoms with Crippen molar-refractivity contribution in [2.75, 3.05) is 24.7 Å². The Labute approximate surface area is 211 Å². The first-order chi connectivity index (χ1) is 16.2. The fourth-order valence-electron chi connectivity index (χ4n) is 3.51. The molecule has 0 radical (unpaired) electrons. The van der Waals surface area contributed by atoms with Crippen LogP contribution >= 0.6 is 23.5 Å². The molecule has 1 aliphatic heterocycles. The van der Waals surface area contributed by atoms with Gasteiger partial charge in [0.1, 0.15) is 23.2 Å². The second kappa shape index (κ2) is 11.9. The standard InChI is InChI=1S/C26H36N4O2S2/c1-6-33-23-21(31-13-11-15(2)3)19-20(26(29)30-25(19)28)22(32-14-12-16(4)5)24(23)34-18-10-8-7-9-17(18)27/h7-10,15-16H,6,11-14,27H2,1-5H3,(H3,28,29,30). The van der Waals surface area contributed by atoms with Gasteiger partial charge in [-0.1, -0.05) is 58.5 Å². The Morgan fingerprint density at radius 2 is 1.41 bits per heavy atom. The molecule has 0 fully saturated rings. The van der Waals surface area contributed by atoms with Gasteiger partial charge >= 0.3 is 0 Å². The van der Waals surface area contributed by atoms with E-state index in [0.29, 0.717) is 53.4 Å². The van der Waals surface area contributed by atoms with Crippen molar-refractivity contribution in [2.45, 2.75) is 62.1 Å². The molecule has 0 atom stereocenters. The van der Waals surface area contributed by atoms with Gasteiger partial charge in [0.2, 0.25) is 0 Å². The Balaban J connectivity index is 2.22. The number of ether oxygens (including phenoxy) is 2. The van der Waals surface area contributed by atoms with Crippen molar-refractivity contribution in [2.24, 2.45) is 11.8 Å². The average Bonchev–Trinajstić information content (AvgIpc) is 3.06. The summed E-state index contributed by atoms with van der Waals surface area (Å²) in [5, 5.41) is 20.1. The predicted octanol–water partition coefficient (Wildman–Crippen LogP) is 6.64. The van der Waals surface area contributed by atoms with Gasteiger partial charge in [-0.15, -0.1) is 11.8 Å². The van der Waals surface area contributed by atoms with Crippen LogP contribution in [0.4, 0.5) is 5.69 Å². The molecule has 0 saturated heterocycles. The van der Waals surface area contributed by atoms with Crippen LogP contribution in [0.2, 0.25) is 0 Å². The van der Waals surface area contributed by atoms with Crippen LogP contribution in [-0.2, 0) is 0 Å². The molecule has 2 aromatic rings. The molecule has 5 N–H and O–H groups in total. The van der Waals surface area contributed by atoms with Crippen molar-refractivity contribution in [3.05, 3.63) is 35.4 Å². The van der Waals surface area contributed by atoms with E-state index in [4.69, 9.17) is 26.0 Å². The van der Waals surface area contributed by atoms with E-state index >= 15 is 0 Å². The Morgan fingerprint density at radius 1 is 0.882 bits per heavy atom. The molecular formula is C26H36N4O2S2. The number of nitrogens with two attached hydrogens (primary N) is 1. The van der Waals surface area contributed by atoms with Gasteiger partial charge in [0.05, 0.1) is 34.1 Å². The number of hydrogen-bond acceptors (Lipinski definition) is 7. The molecule has 0 aromatic heterocycles. The Bertz CT molecular complexity index is 1050. The van der Waals surface area contributed by atoms with Gasteiger partial charge in [0.15, 0.2) is 0 Å². The summed E-state index contributed by atoms with van der Waals surface area (Å²) in [7, 11) is 0. The van der Waals surface area contributed by atoms with Crippen molar-refractivity contribution in [1.29, 1.82) is 10.8 Å². The highest BCUT2D eigenvalue weighted by atomic mass is 32.2. The molecule has 0 bridgehead atoms. The van der Waals surface area contributed by atoms with E-state index in [-0.39, 0.29) is 11.7 Å². The zero-order valence-corrected chi connectivity index (χ0v) is 22.3. The maximum Gasteiger partial charge on any atom is 0.146 e. The molecule has 0 spiro atoms. The lowest BCUT2D eigenvalue weighted by Crippen LogP contribution is -2.20. The van der Waals surface area contributed by atoms with Crippen molar-refractivity contribution in [1.82, 2.24) is 5.32 Å². The highest BCUT2D eigenvalue weighted by Crippen LogP contribution is 2.52. The zero-order valence-electron chi connectivity index (χ0n) is 20.7. The minimum atomic E-state index is 0.171. The molecule has 1 aliphatic rings. The Kier molecular flexibility index (Phi) is 9.19. The maximum absolute atomic E-state index is 8.63. The molecule has 184 valence electrons. The first kappa shape index (κ1) is 26.3. The maximum atomic E-state index is 8.63. The van der Waals surface area contributed by atoms with E-state index in [1.165, 1.54) is 0 Å². The summed E-state index contributed by atoms with van der Waals surface area (Å²) in [4.78, 5) is 2.77. The summed E-state index contributed by atoms with van der Waals surface area (Å²) in [6.45, 7) is 11.8. The van der Waals surface area contributed by atoms with E-state index in [2.05, 4.69) is 39.9 Å². The second-order valence-electron chi connectivity index (χ2n) is 9.08.